The Bertz CT molecular complexity index is 665. The molecule has 0 spiro atoms. The van der Waals surface area contributed by atoms with E-state index in [2.05, 4.69) is 51.4 Å². The fourth-order valence-electron chi connectivity index (χ4n) is 4.72. The fraction of sp³-hybridized carbons (Fsp3) is 0.810. The molecule has 2 aliphatic rings. The normalized spacial score (nSPS) is 21.7. The van der Waals surface area contributed by atoms with E-state index in [0.29, 0.717) is 0 Å². The largest absolute Gasteiger partial charge is 0.355 e. The summed E-state index contributed by atoms with van der Waals surface area (Å²) in [6.45, 7) is 10.8. The zero-order valence-corrected chi connectivity index (χ0v) is 18.5. The van der Waals surface area contributed by atoms with Crippen molar-refractivity contribution in [3.05, 3.63) is 17.0 Å². The molecule has 0 atom stereocenters. The van der Waals surface area contributed by atoms with Crippen molar-refractivity contribution in [1.29, 1.82) is 0 Å². The number of hydrogen-bond donors (Lipinski definition) is 2. The highest BCUT2D eigenvalue weighted by Gasteiger charge is 2.39. The maximum Gasteiger partial charge on any atom is 0.191 e. The highest BCUT2D eigenvalue weighted by Crippen LogP contribution is 2.30. The average molecular weight is 390 g/mol. The lowest BCUT2D eigenvalue weighted by Gasteiger charge is -2.50. The highest BCUT2D eigenvalue weighted by atomic mass is 15.3. The average Bonchev–Trinajstić information content (AvgIpc) is 2.96. The molecule has 2 N–H and O–H groups in total. The van der Waals surface area contributed by atoms with E-state index < -0.39 is 0 Å². The number of guanidine groups is 1. The predicted octanol–water partition coefficient (Wildman–Crippen LogP) is 1.65. The Balaban J connectivity index is 1.62. The third kappa shape index (κ3) is 4.69. The first-order valence-corrected chi connectivity index (χ1v) is 10.8. The van der Waals surface area contributed by atoms with E-state index >= 15 is 0 Å². The second-order valence-corrected chi connectivity index (χ2v) is 8.63. The van der Waals surface area contributed by atoms with Crippen molar-refractivity contribution in [2.75, 3.05) is 46.8 Å². The van der Waals surface area contributed by atoms with Crippen molar-refractivity contribution in [2.24, 2.45) is 12.0 Å². The molecule has 3 rings (SSSR count). The van der Waals surface area contributed by atoms with Gasteiger partial charge in [-0.3, -0.25) is 14.6 Å². The zero-order chi connectivity index (χ0) is 20.1. The van der Waals surface area contributed by atoms with E-state index in [9.17, 15) is 0 Å². The van der Waals surface area contributed by atoms with Crippen molar-refractivity contribution in [3.8, 4) is 0 Å². The van der Waals surface area contributed by atoms with Crippen LogP contribution in [-0.4, -0.2) is 77.9 Å². The summed E-state index contributed by atoms with van der Waals surface area (Å²) >= 11 is 0. The van der Waals surface area contributed by atoms with Crippen molar-refractivity contribution in [1.82, 2.24) is 30.2 Å². The van der Waals surface area contributed by atoms with Crippen LogP contribution in [0.4, 0.5) is 0 Å². The van der Waals surface area contributed by atoms with Gasteiger partial charge in [-0.2, -0.15) is 5.10 Å². The molecule has 1 aromatic heterocycles. The molecular formula is C21H39N7. The molecule has 0 radical (unpaired) electrons. The SMILES string of the molecule is CN=C(NCc1c(C)nn(C)c1C)NCC1(N2CCCCC2)CCN(C)CC1. The molecule has 28 heavy (non-hydrogen) atoms. The third-order valence-corrected chi connectivity index (χ3v) is 6.84. The molecule has 0 bridgehead atoms. The summed E-state index contributed by atoms with van der Waals surface area (Å²) in [6.07, 6.45) is 6.52. The summed E-state index contributed by atoms with van der Waals surface area (Å²) in [4.78, 5) is 9.71. The van der Waals surface area contributed by atoms with Crippen LogP contribution in [0.1, 0.15) is 49.1 Å². The Hall–Kier alpha value is -1.60. The maximum absolute atomic E-state index is 4.52. The maximum atomic E-state index is 4.52. The molecule has 0 unspecified atom stereocenters. The Morgan fingerprint density at radius 3 is 2.29 bits per heavy atom. The lowest BCUT2D eigenvalue weighted by molar-refractivity contribution is 0.0173. The van der Waals surface area contributed by atoms with E-state index in [1.54, 1.807) is 0 Å². The Labute approximate surface area is 170 Å². The molecule has 0 saturated carbocycles. The van der Waals surface area contributed by atoms with Gasteiger partial charge in [0.15, 0.2) is 5.96 Å². The number of nitrogens with zero attached hydrogens (tertiary/aromatic N) is 5. The minimum atomic E-state index is 0.255. The summed E-state index contributed by atoms with van der Waals surface area (Å²) < 4.78 is 1.95. The van der Waals surface area contributed by atoms with Gasteiger partial charge >= 0.3 is 0 Å². The Morgan fingerprint density at radius 2 is 1.71 bits per heavy atom. The van der Waals surface area contributed by atoms with Crippen LogP contribution < -0.4 is 10.6 Å². The first-order chi connectivity index (χ1) is 13.4. The fourth-order valence-corrected chi connectivity index (χ4v) is 4.72. The number of hydrogen-bond acceptors (Lipinski definition) is 4. The molecule has 0 aromatic carbocycles. The number of piperidine rings is 2. The van der Waals surface area contributed by atoms with Crippen LogP contribution in [-0.2, 0) is 13.6 Å². The molecule has 7 heteroatoms. The minimum absolute atomic E-state index is 0.255. The molecule has 1 aromatic rings. The number of likely N-dealkylation sites (tertiary alicyclic amines) is 2. The van der Waals surface area contributed by atoms with Crippen molar-refractivity contribution < 1.29 is 0 Å². The molecule has 2 saturated heterocycles. The van der Waals surface area contributed by atoms with Crippen LogP contribution in [0.5, 0.6) is 0 Å². The van der Waals surface area contributed by atoms with Crippen LogP contribution in [0, 0.1) is 13.8 Å². The molecule has 158 valence electrons. The second kappa shape index (κ2) is 9.27. The lowest BCUT2D eigenvalue weighted by atomic mass is 9.84. The smallest absolute Gasteiger partial charge is 0.191 e. The van der Waals surface area contributed by atoms with Crippen molar-refractivity contribution >= 4 is 5.96 Å². The van der Waals surface area contributed by atoms with Crippen LogP contribution in [0.3, 0.4) is 0 Å². The monoisotopic (exact) mass is 389 g/mol. The quantitative estimate of drug-likeness (QED) is 0.592. The van der Waals surface area contributed by atoms with Gasteiger partial charge in [0, 0.05) is 44.0 Å². The molecule has 0 amide bonds. The number of aryl methyl sites for hydroxylation is 2. The van der Waals surface area contributed by atoms with Crippen LogP contribution in [0.2, 0.25) is 0 Å². The second-order valence-electron chi connectivity index (χ2n) is 8.63. The van der Waals surface area contributed by atoms with Crippen molar-refractivity contribution in [2.45, 2.75) is 58.0 Å². The zero-order valence-electron chi connectivity index (χ0n) is 18.5. The van der Waals surface area contributed by atoms with Gasteiger partial charge in [0.05, 0.1) is 5.69 Å². The highest BCUT2D eigenvalue weighted by molar-refractivity contribution is 5.79. The third-order valence-electron chi connectivity index (χ3n) is 6.84. The number of aliphatic imine (C=N–C) groups is 1. The van der Waals surface area contributed by atoms with Crippen molar-refractivity contribution in [3.63, 3.8) is 0 Å². The first kappa shape index (κ1) is 21.1. The van der Waals surface area contributed by atoms with Gasteiger partial charge < -0.3 is 15.5 Å². The molecule has 3 heterocycles. The van der Waals surface area contributed by atoms with Gasteiger partial charge in [0.2, 0.25) is 0 Å². The summed E-state index contributed by atoms with van der Waals surface area (Å²) in [5, 5.41) is 11.7. The summed E-state index contributed by atoms with van der Waals surface area (Å²) in [5.74, 6) is 0.887. The van der Waals surface area contributed by atoms with Gasteiger partial charge in [-0.15, -0.1) is 0 Å². The van der Waals surface area contributed by atoms with Gasteiger partial charge in [0.1, 0.15) is 0 Å². The summed E-state index contributed by atoms with van der Waals surface area (Å²) in [7, 11) is 6.11. The van der Waals surface area contributed by atoms with Gasteiger partial charge in [0.25, 0.3) is 0 Å². The van der Waals surface area contributed by atoms with Crippen LogP contribution >= 0.6 is 0 Å². The number of aromatic nitrogens is 2. The standard InChI is InChI=1S/C21H39N7/c1-17-19(18(2)27(5)25-17)15-23-20(22-3)24-16-21(9-13-26(4)14-10-21)28-11-7-6-8-12-28/h6-16H2,1-5H3,(H2,22,23,24). The van der Waals surface area contributed by atoms with E-state index in [1.807, 2.05) is 18.8 Å². The Kier molecular flexibility index (Phi) is 6.99. The minimum Gasteiger partial charge on any atom is -0.355 e. The van der Waals surface area contributed by atoms with E-state index in [0.717, 1.165) is 24.7 Å². The molecular weight excluding hydrogens is 350 g/mol. The van der Waals surface area contributed by atoms with E-state index in [1.165, 1.54) is 69.5 Å². The van der Waals surface area contributed by atoms with Gasteiger partial charge in [-0.25, -0.2) is 0 Å². The van der Waals surface area contributed by atoms with E-state index in [4.69, 9.17) is 0 Å². The molecule has 7 nitrogen and oxygen atoms in total. The van der Waals surface area contributed by atoms with Gasteiger partial charge in [-0.1, -0.05) is 6.42 Å². The molecule has 2 aliphatic heterocycles. The topological polar surface area (TPSA) is 60.7 Å². The van der Waals surface area contributed by atoms with Gasteiger partial charge in [-0.05, 0) is 72.8 Å². The lowest BCUT2D eigenvalue weighted by Crippen LogP contribution is -2.62. The van der Waals surface area contributed by atoms with Crippen LogP contribution in [0.25, 0.3) is 0 Å². The summed E-state index contributed by atoms with van der Waals surface area (Å²) in [6, 6.07) is 0. The number of nitrogens with one attached hydrogen (secondary N) is 2. The first-order valence-electron chi connectivity index (χ1n) is 10.8. The Morgan fingerprint density at radius 1 is 1.04 bits per heavy atom. The summed E-state index contributed by atoms with van der Waals surface area (Å²) in [5.41, 5.74) is 3.81. The van der Waals surface area contributed by atoms with E-state index in [-0.39, 0.29) is 5.54 Å². The number of rotatable bonds is 5. The molecule has 0 aliphatic carbocycles. The van der Waals surface area contributed by atoms with Crippen LogP contribution in [0.15, 0.2) is 4.99 Å². The predicted molar refractivity (Wildman–Crippen MR) is 116 cm³/mol. The molecule has 2 fully saturated rings.